The molecular formula is C11H18BrN5. The average Bonchev–Trinajstić information content (AvgIpc) is 2.78. The molecule has 0 bridgehead atoms. The van der Waals surface area contributed by atoms with Crippen LogP contribution < -0.4 is 16.2 Å². The van der Waals surface area contributed by atoms with Crippen LogP contribution in [0.4, 0.5) is 11.6 Å². The normalized spacial score (nSPS) is 20.1. The molecule has 2 rings (SSSR count). The van der Waals surface area contributed by atoms with Crippen molar-refractivity contribution < 1.29 is 0 Å². The number of rotatable bonds is 3. The molecule has 94 valence electrons. The highest BCUT2D eigenvalue weighted by Crippen LogP contribution is 2.35. The standard InChI is InChI=1S/C11H18BrN5/c1-7(2)8-4-3-5-17(8)11-9(12)10(16-13)14-6-15-11/h6-8H,3-5,13H2,1-2H3,(H,14,15,16). The van der Waals surface area contributed by atoms with Gasteiger partial charge in [-0.1, -0.05) is 13.8 Å². The van der Waals surface area contributed by atoms with Crippen LogP contribution in [0.15, 0.2) is 10.8 Å². The van der Waals surface area contributed by atoms with Crippen molar-refractivity contribution in [3.05, 3.63) is 10.8 Å². The van der Waals surface area contributed by atoms with Crippen LogP contribution in [-0.2, 0) is 0 Å². The van der Waals surface area contributed by atoms with Crippen LogP contribution in [0.2, 0.25) is 0 Å². The SMILES string of the molecule is CC(C)C1CCCN1c1ncnc(NN)c1Br. The third kappa shape index (κ3) is 2.37. The van der Waals surface area contributed by atoms with Crippen LogP contribution in [0.5, 0.6) is 0 Å². The minimum atomic E-state index is 0.548. The molecule has 17 heavy (non-hydrogen) atoms. The maximum atomic E-state index is 5.42. The maximum absolute atomic E-state index is 5.42. The molecule has 2 heterocycles. The Bertz CT molecular complexity index is 395. The van der Waals surface area contributed by atoms with E-state index >= 15 is 0 Å². The first-order valence-corrected chi connectivity index (χ1v) is 6.68. The maximum Gasteiger partial charge on any atom is 0.159 e. The molecule has 6 heteroatoms. The van der Waals surface area contributed by atoms with E-state index in [2.05, 4.69) is 50.1 Å². The van der Waals surface area contributed by atoms with Gasteiger partial charge < -0.3 is 10.3 Å². The van der Waals surface area contributed by atoms with E-state index in [1.807, 2.05) is 0 Å². The topological polar surface area (TPSA) is 67.1 Å². The first-order valence-electron chi connectivity index (χ1n) is 5.89. The predicted molar refractivity (Wildman–Crippen MR) is 72.7 cm³/mol. The van der Waals surface area contributed by atoms with Gasteiger partial charge in [0.05, 0.1) is 0 Å². The van der Waals surface area contributed by atoms with Gasteiger partial charge in [0.2, 0.25) is 0 Å². The summed E-state index contributed by atoms with van der Waals surface area (Å²) in [6.45, 7) is 5.54. The Morgan fingerprint density at radius 3 is 2.94 bits per heavy atom. The van der Waals surface area contributed by atoms with E-state index in [9.17, 15) is 0 Å². The third-order valence-corrected chi connectivity index (χ3v) is 3.98. The summed E-state index contributed by atoms with van der Waals surface area (Å²) >= 11 is 3.52. The molecule has 1 aromatic rings. The molecule has 0 aliphatic carbocycles. The Kier molecular flexibility index (Phi) is 3.83. The summed E-state index contributed by atoms with van der Waals surface area (Å²) in [5, 5.41) is 0. The average molecular weight is 300 g/mol. The molecule has 0 saturated carbocycles. The zero-order chi connectivity index (χ0) is 12.4. The number of nitrogens with one attached hydrogen (secondary N) is 1. The summed E-state index contributed by atoms with van der Waals surface area (Å²) in [6.07, 6.45) is 3.98. The highest BCUT2D eigenvalue weighted by molar-refractivity contribution is 9.10. The molecule has 0 aromatic carbocycles. The number of anilines is 2. The van der Waals surface area contributed by atoms with E-state index in [4.69, 9.17) is 5.84 Å². The second kappa shape index (κ2) is 5.18. The van der Waals surface area contributed by atoms with Crippen LogP contribution in [0.1, 0.15) is 26.7 Å². The van der Waals surface area contributed by atoms with Crippen molar-refractivity contribution >= 4 is 27.6 Å². The van der Waals surface area contributed by atoms with Crippen molar-refractivity contribution in [3.63, 3.8) is 0 Å². The number of nitrogen functional groups attached to an aromatic ring is 1. The highest BCUT2D eigenvalue weighted by atomic mass is 79.9. The first kappa shape index (κ1) is 12.6. The quantitative estimate of drug-likeness (QED) is 0.661. The first-order chi connectivity index (χ1) is 8.15. The third-order valence-electron chi connectivity index (χ3n) is 3.25. The van der Waals surface area contributed by atoms with Crippen molar-refractivity contribution in [3.8, 4) is 0 Å². The van der Waals surface area contributed by atoms with E-state index < -0.39 is 0 Å². The molecule has 1 unspecified atom stereocenters. The fraction of sp³-hybridized carbons (Fsp3) is 0.636. The van der Waals surface area contributed by atoms with E-state index in [0.717, 1.165) is 16.8 Å². The number of halogens is 1. The lowest BCUT2D eigenvalue weighted by molar-refractivity contribution is 0.489. The Labute approximate surface area is 110 Å². The zero-order valence-electron chi connectivity index (χ0n) is 10.2. The van der Waals surface area contributed by atoms with E-state index in [1.165, 1.54) is 12.8 Å². The molecule has 1 atom stereocenters. The fourth-order valence-corrected chi connectivity index (χ4v) is 2.96. The second-order valence-corrected chi connectivity index (χ2v) is 5.44. The van der Waals surface area contributed by atoms with Gasteiger partial charge in [-0.05, 0) is 34.7 Å². The summed E-state index contributed by atoms with van der Waals surface area (Å²) in [6, 6.07) is 0.548. The van der Waals surface area contributed by atoms with Gasteiger partial charge in [-0.3, -0.25) is 0 Å². The van der Waals surface area contributed by atoms with Gasteiger partial charge in [0.1, 0.15) is 16.6 Å². The van der Waals surface area contributed by atoms with Crippen LogP contribution in [-0.4, -0.2) is 22.6 Å². The van der Waals surface area contributed by atoms with Gasteiger partial charge in [0.25, 0.3) is 0 Å². The molecule has 1 aliphatic heterocycles. The summed E-state index contributed by atoms with van der Waals surface area (Å²) < 4.78 is 0.843. The minimum Gasteiger partial charge on any atom is -0.352 e. The van der Waals surface area contributed by atoms with Gasteiger partial charge in [-0.15, -0.1) is 0 Å². The predicted octanol–water partition coefficient (Wildman–Crippen LogP) is 2.15. The number of hydrogen-bond acceptors (Lipinski definition) is 5. The summed E-state index contributed by atoms with van der Waals surface area (Å²) in [5.41, 5.74) is 2.58. The monoisotopic (exact) mass is 299 g/mol. The van der Waals surface area contributed by atoms with Crippen LogP contribution in [0.25, 0.3) is 0 Å². The molecular weight excluding hydrogens is 282 g/mol. The van der Waals surface area contributed by atoms with E-state index in [-0.39, 0.29) is 0 Å². The largest absolute Gasteiger partial charge is 0.352 e. The van der Waals surface area contributed by atoms with Crippen molar-refractivity contribution in [2.75, 3.05) is 16.9 Å². The van der Waals surface area contributed by atoms with Gasteiger partial charge in [0, 0.05) is 12.6 Å². The molecule has 0 spiro atoms. The molecule has 0 radical (unpaired) electrons. The van der Waals surface area contributed by atoms with Gasteiger partial charge in [-0.2, -0.15) is 0 Å². The lowest BCUT2D eigenvalue weighted by Crippen LogP contribution is -2.34. The fourth-order valence-electron chi connectivity index (χ4n) is 2.41. The van der Waals surface area contributed by atoms with Crippen molar-refractivity contribution in [2.24, 2.45) is 11.8 Å². The lowest BCUT2D eigenvalue weighted by atomic mass is 10.0. The van der Waals surface area contributed by atoms with Crippen molar-refractivity contribution in [1.82, 2.24) is 9.97 Å². The molecule has 3 N–H and O–H groups in total. The Morgan fingerprint density at radius 2 is 2.29 bits per heavy atom. The minimum absolute atomic E-state index is 0.548. The second-order valence-electron chi connectivity index (χ2n) is 4.65. The van der Waals surface area contributed by atoms with Crippen LogP contribution in [0.3, 0.4) is 0 Å². The number of nitrogens with two attached hydrogens (primary N) is 1. The number of nitrogens with zero attached hydrogens (tertiary/aromatic N) is 3. The summed E-state index contributed by atoms with van der Waals surface area (Å²) in [4.78, 5) is 10.8. The Hall–Kier alpha value is -0.880. The highest BCUT2D eigenvalue weighted by Gasteiger charge is 2.29. The summed E-state index contributed by atoms with van der Waals surface area (Å²) in [7, 11) is 0. The Morgan fingerprint density at radius 1 is 1.53 bits per heavy atom. The van der Waals surface area contributed by atoms with Crippen LogP contribution >= 0.6 is 15.9 Å². The molecule has 0 amide bonds. The van der Waals surface area contributed by atoms with Gasteiger partial charge in [0.15, 0.2) is 5.82 Å². The zero-order valence-corrected chi connectivity index (χ0v) is 11.7. The Balaban J connectivity index is 2.33. The van der Waals surface area contributed by atoms with E-state index in [1.54, 1.807) is 6.33 Å². The molecule has 1 fully saturated rings. The van der Waals surface area contributed by atoms with E-state index in [0.29, 0.717) is 17.8 Å². The molecule has 5 nitrogen and oxygen atoms in total. The van der Waals surface area contributed by atoms with Crippen LogP contribution in [0, 0.1) is 5.92 Å². The molecule has 1 saturated heterocycles. The van der Waals surface area contributed by atoms with Gasteiger partial charge >= 0.3 is 0 Å². The summed E-state index contributed by atoms with van der Waals surface area (Å²) in [5.74, 6) is 7.61. The van der Waals surface area contributed by atoms with Gasteiger partial charge in [-0.25, -0.2) is 15.8 Å². The smallest absolute Gasteiger partial charge is 0.159 e. The number of hydrazine groups is 1. The molecule has 1 aromatic heterocycles. The lowest BCUT2D eigenvalue weighted by Gasteiger charge is -2.29. The molecule has 1 aliphatic rings. The van der Waals surface area contributed by atoms with Crippen molar-refractivity contribution in [2.45, 2.75) is 32.7 Å². The van der Waals surface area contributed by atoms with Crippen molar-refractivity contribution in [1.29, 1.82) is 0 Å². The number of hydrogen-bond donors (Lipinski definition) is 2. The number of aromatic nitrogens is 2.